The molecule has 7 nitrogen and oxygen atoms in total. The van der Waals surface area contributed by atoms with Gasteiger partial charge in [-0.15, -0.1) is 0 Å². The van der Waals surface area contributed by atoms with Crippen LogP contribution in [-0.2, 0) is 36.9 Å². The summed E-state index contributed by atoms with van der Waals surface area (Å²) in [6.45, 7) is 34.6. The smallest absolute Gasteiger partial charge is 0.178 e. The highest BCUT2D eigenvalue weighted by Gasteiger charge is 2.20. The first-order chi connectivity index (χ1) is 30.5. The van der Waals surface area contributed by atoms with E-state index >= 15 is 0 Å². The number of halogens is 2. The van der Waals surface area contributed by atoms with Gasteiger partial charge in [-0.2, -0.15) is 5.10 Å². The lowest BCUT2D eigenvalue weighted by molar-refractivity contribution is 0.100. The summed E-state index contributed by atoms with van der Waals surface area (Å²) in [7, 11) is -3.47. The van der Waals surface area contributed by atoms with Gasteiger partial charge in [0.2, 0.25) is 0 Å². The lowest BCUT2D eigenvalue weighted by Gasteiger charge is -2.19. The molecular weight excluding hydrogens is 861 g/mol. The molecule has 0 spiro atoms. The molecule has 0 unspecified atom stereocenters. The van der Waals surface area contributed by atoms with E-state index in [2.05, 4.69) is 109 Å². The first-order valence-electron chi connectivity index (χ1n) is 22.5. The van der Waals surface area contributed by atoms with Crippen LogP contribution in [0.25, 0.3) is 5.69 Å². The second kappa shape index (κ2) is 23.4. The number of carbonyl (C=O) groups excluding carboxylic acids is 2. The molecule has 67 heavy (non-hydrogen) atoms. The largest absolute Gasteiger partial charge is 0.295 e. The zero-order chi connectivity index (χ0) is 51.3. The molecule has 0 saturated heterocycles. The summed E-state index contributed by atoms with van der Waals surface area (Å²) < 4.78 is 51.1. The van der Waals surface area contributed by atoms with E-state index in [1.165, 1.54) is 41.8 Å². The Labute approximate surface area is 401 Å². The van der Waals surface area contributed by atoms with E-state index in [0.717, 1.165) is 28.6 Å². The van der Waals surface area contributed by atoms with Crippen LogP contribution in [-0.4, -0.2) is 41.0 Å². The van der Waals surface area contributed by atoms with Crippen LogP contribution in [0.4, 0.5) is 8.78 Å². The van der Waals surface area contributed by atoms with Crippen molar-refractivity contribution in [2.45, 2.75) is 150 Å². The summed E-state index contributed by atoms with van der Waals surface area (Å²) in [5.74, 6) is -1.21. The van der Waals surface area contributed by atoms with Crippen LogP contribution in [0.15, 0.2) is 133 Å². The maximum absolute atomic E-state index is 13.5. The van der Waals surface area contributed by atoms with E-state index in [-0.39, 0.29) is 49.1 Å². The fourth-order valence-electron chi connectivity index (χ4n) is 6.13. The fourth-order valence-corrected chi connectivity index (χ4v) is 6.86. The maximum atomic E-state index is 13.5. The van der Waals surface area contributed by atoms with Crippen LogP contribution in [0.5, 0.6) is 0 Å². The summed E-state index contributed by atoms with van der Waals surface area (Å²) in [5.41, 5.74) is 8.04. The molecule has 0 atom stereocenters. The molecule has 0 aliphatic heterocycles. The van der Waals surface area contributed by atoms with Crippen LogP contribution in [0.3, 0.4) is 0 Å². The van der Waals surface area contributed by atoms with Gasteiger partial charge >= 0.3 is 0 Å². The van der Waals surface area contributed by atoms with Gasteiger partial charge in [0.1, 0.15) is 16.5 Å². The Kier molecular flexibility index (Phi) is 20.1. The third-order valence-corrected chi connectivity index (χ3v) is 11.7. The van der Waals surface area contributed by atoms with Gasteiger partial charge in [0, 0.05) is 36.6 Å². The van der Waals surface area contributed by atoms with Crippen LogP contribution >= 0.6 is 0 Å². The first-order valence-corrected chi connectivity index (χ1v) is 24.4. The standard InChI is InChI=1S/C13H16N2.C12H15FO.C12H16O.C11H15FO2S.C9H13N/c1-13(2,3)11-5-7-12(8-6-11)15-10-4-9-14-15;1-8(14)10-6-5-9(7-11(10)13)12(2,3)4;1-9(13)10-5-7-11(8-6-10)12(2,3)4;1-11(2,3)8-5-6-10(9(12)7-8)15(4,13)14;1-9(2,3)8-4-6-10-7-5-8/h4-10H,1-3H3;5-7H,1-4H3;5-8H,1-4H3;5-7H,1-4H3;4-7H,1-3H3. The molecule has 0 amide bonds. The van der Waals surface area contributed by atoms with Gasteiger partial charge < -0.3 is 0 Å². The minimum atomic E-state index is -3.47. The van der Waals surface area contributed by atoms with Crippen molar-refractivity contribution in [3.05, 3.63) is 178 Å². The van der Waals surface area contributed by atoms with E-state index in [9.17, 15) is 26.8 Å². The molecular formula is C57H75F2N3O4S. The Bertz CT molecular complexity index is 2610. The molecule has 0 radical (unpaired) electrons. The Balaban J connectivity index is 0.000000289. The SMILES string of the molecule is CC(=O)c1ccc(C(C)(C)C)cc1.CC(=O)c1ccc(C(C)(C)C)cc1F.CC(C)(C)c1ccc(-n2cccn2)cc1.CC(C)(C)c1ccc(S(C)(=O)=O)c(F)c1.CC(C)(C)c1ccncc1. The Morgan fingerprint density at radius 3 is 1.21 bits per heavy atom. The molecule has 6 rings (SSSR count). The van der Waals surface area contributed by atoms with Crippen LogP contribution in [0.2, 0.25) is 0 Å². The molecule has 2 heterocycles. The van der Waals surface area contributed by atoms with Gasteiger partial charge in [0.05, 0.1) is 11.3 Å². The predicted octanol–water partition coefficient (Wildman–Crippen LogP) is 14.6. The van der Waals surface area contributed by atoms with Gasteiger partial charge in [-0.05, 0) is 123 Å². The number of Topliss-reactive ketones (excluding diaryl/α,β-unsaturated/α-hetero) is 2. The average molecular weight is 936 g/mol. The van der Waals surface area contributed by atoms with E-state index in [1.54, 1.807) is 31.3 Å². The van der Waals surface area contributed by atoms with Gasteiger partial charge in [0.15, 0.2) is 21.4 Å². The Hall–Kier alpha value is -5.61. The lowest BCUT2D eigenvalue weighted by atomic mass is 9.86. The lowest BCUT2D eigenvalue weighted by Crippen LogP contribution is -2.12. The number of carbonyl (C=O) groups is 2. The second-order valence-corrected chi connectivity index (χ2v) is 23.8. The molecule has 0 N–H and O–H groups in total. The number of rotatable bonds is 4. The number of ketones is 2. The molecule has 4 aromatic carbocycles. The second-order valence-electron chi connectivity index (χ2n) is 21.8. The van der Waals surface area contributed by atoms with Crippen molar-refractivity contribution in [2.24, 2.45) is 0 Å². The van der Waals surface area contributed by atoms with Crippen molar-refractivity contribution in [1.82, 2.24) is 14.8 Å². The summed E-state index contributed by atoms with van der Waals surface area (Å²) in [6, 6.07) is 31.5. The van der Waals surface area contributed by atoms with E-state index < -0.39 is 21.5 Å². The van der Waals surface area contributed by atoms with Crippen molar-refractivity contribution in [1.29, 1.82) is 0 Å². The number of benzene rings is 4. The summed E-state index contributed by atoms with van der Waals surface area (Å²) in [5, 5.41) is 4.19. The number of aromatic nitrogens is 3. The molecule has 10 heteroatoms. The number of pyridine rings is 1. The first kappa shape index (κ1) is 57.5. The fraction of sp³-hybridized carbons (Fsp3) is 0.404. The van der Waals surface area contributed by atoms with Crippen molar-refractivity contribution >= 4 is 21.4 Å². The number of sulfone groups is 1. The zero-order valence-corrected chi connectivity index (χ0v) is 44.1. The molecule has 0 fully saturated rings. The van der Waals surface area contributed by atoms with Crippen molar-refractivity contribution < 1.29 is 26.8 Å². The Morgan fingerprint density at radius 1 is 0.493 bits per heavy atom. The van der Waals surface area contributed by atoms with E-state index in [1.807, 2.05) is 95.1 Å². The summed E-state index contributed by atoms with van der Waals surface area (Å²) in [6.07, 6.45) is 8.41. The highest BCUT2D eigenvalue weighted by atomic mass is 32.2. The highest BCUT2D eigenvalue weighted by molar-refractivity contribution is 7.90. The normalized spacial score (nSPS) is 11.8. The monoisotopic (exact) mass is 936 g/mol. The molecule has 6 aromatic rings. The molecule has 362 valence electrons. The molecule has 0 bridgehead atoms. The quantitative estimate of drug-likeness (QED) is 0.163. The molecule has 0 aliphatic rings. The summed E-state index contributed by atoms with van der Waals surface area (Å²) in [4.78, 5) is 25.7. The minimum Gasteiger partial charge on any atom is -0.295 e. The average Bonchev–Trinajstić information content (AvgIpc) is 3.76. The van der Waals surface area contributed by atoms with E-state index in [4.69, 9.17) is 0 Å². The third-order valence-electron chi connectivity index (χ3n) is 10.6. The maximum Gasteiger partial charge on any atom is 0.178 e. The predicted molar refractivity (Wildman–Crippen MR) is 274 cm³/mol. The van der Waals surface area contributed by atoms with Crippen molar-refractivity contribution in [2.75, 3.05) is 6.26 Å². The topological polar surface area (TPSA) is 99.0 Å². The van der Waals surface area contributed by atoms with Gasteiger partial charge in [0.25, 0.3) is 0 Å². The third kappa shape index (κ3) is 19.3. The van der Waals surface area contributed by atoms with Crippen LogP contribution in [0.1, 0.15) is 166 Å². The number of hydrogen-bond acceptors (Lipinski definition) is 6. The highest BCUT2D eigenvalue weighted by Crippen LogP contribution is 2.27. The molecule has 2 aromatic heterocycles. The van der Waals surface area contributed by atoms with Gasteiger partial charge in [-0.3, -0.25) is 14.6 Å². The number of nitrogens with zero attached hydrogens (tertiary/aromatic N) is 3. The number of hydrogen-bond donors (Lipinski definition) is 0. The van der Waals surface area contributed by atoms with Gasteiger partial charge in [-0.1, -0.05) is 152 Å². The van der Waals surface area contributed by atoms with Crippen LogP contribution in [0, 0.1) is 11.6 Å². The minimum absolute atomic E-state index is 0.0871. The Morgan fingerprint density at radius 2 is 0.881 bits per heavy atom. The summed E-state index contributed by atoms with van der Waals surface area (Å²) >= 11 is 0. The molecule has 0 saturated carbocycles. The van der Waals surface area contributed by atoms with Crippen molar-refractivity contribution in [3.63, 3.8) is 0 Å². The van der Waals surface area contributed by atoms with Crippen molar-refractivity contribution in [3.8, 4) is 5.69 Å². The van der Waals surface area contributed by atoms with Crippen LogP contribution < -0.4 is 0 Å². The zero-order valence-electron chi connectivity index (χ0n) is 43.3. The van der Waals surface area contributed by atoms with E-state index in [0.29, 0.717) is 0 Å². The molecule has 0 aliphatic carbocycles. The van der Waals surface area contributed by atoms with Gasteiger partial charge in [-0.25, -0.2) is 21.9 Å².